The van der Waals surface area contributed by atoms with Crippen molar-refractivity contribution >= 4 is 33.4 Å². The molecule has 1 unspecified atom stereocenters. The number of alkyl halides is 1. The molecule has 1 rings (SSSR count). The van der Waals surface area contributed by atoms with Crippen LogP contribution in [0.4, 0.5) is 0 Å². The molecule has 0 spiro atoms. The second-order valence-corrected chi connectivity index (χ2v) is 4.99. The Hall–Kier alpha value is -0.780. The molecule has 0 radical (unpaired) electrons. The third kappa shape index (κ3) is 4.48. The van der Waals surface area contributed by atoms with E-state index in [1.807, 2.05) is 0 Å². The number of halogens is 2. The normalized spacial score (nSPS) is 12.2. The zero-order chi connectivity index (χ0) is 13.5. The third-order valence-electron chi connectivity index (χ3n) is 2.40. The molecule has 0 saturated heterocycles. The molecule has 18 heavy (non-hydrogen) atoms. The molecular weight excluding hydrogens is 321 g/mol. The van der Waals surface area contributed by atoms with Crippen LogP contribution < -0.4 is 5.32 Å². The Kier molecular flexibility index (Phi) is 6.46. The van der Waals surface area contributed by atoms with Gasteiger partial charge in [0, 0.05) is 30.1 Å². The minimum Gasteiger partial charge on any atom is -0.507 e. The Morgan fingerprint density at radius 3 is 2.94 bits per heavy atom. The summed E-state index contributed by atoms with van der Waals surface area (Å²) < 4.78 is 5.66. The van der Waals surface area contributed by atoms with Crippen LogP contribution in [0.3, 0.4) is 0 Å². The predicted molar refractivity (Wildman–Crippen MR) is 74.3 cm³/mol. The molecule has 0 bridgehead atoms. The van der Waals surface area contributed by atoms with Gasteiger partial charge in [0.1, 0.15) is 5.75 Å². The lowest BCUT2D eigenvalue weighted by Crippen LogP contribution is -2.37. The second-order valence-electron chi connectivity index (χ2n) is 3.77. The number of hydrogen-bond acceptors (Lipinski definition) is 3. The van der Waals surface area contributed by atoms with Gasteiger partial charge in [-0.2, -0.15) is 0 Å². The van der Waals surface area contributed by atoms with Crippen molar-refractivity contribution in [1.82, 2.24) is 5.32 Å². The van der Waals surface area contributed by atoms with Crippen LogP contribution in [0, 0.1) is 0 Å². The van der Waals surface area contributed by atoms with Crippen molar-refractivity contribution in [2.24, 2.45) is 0 Å². The van der Waals surface area contributed by atoms with E-state index in [4.69, 9.17) is 16.3 Å². The van der Waals surface area contributed by atoms with Crippen LogP contribution in [0.5, 0.6) is 5.75 Å². The Morgan fingerprint density at radius 2 is 2.33 bits per heavy atom. The zero-order valence-electron chi connectivity index (χ0n) is 9.95. The molecule has 0 heterocycles. The number of hydrogen-bond donors (Lipinski definition) is 2. The number of carbonyl (C=O) groups is 1. The van der Waals surface area contributed by atoms with Crippen molar-refractivity contribution in [2.45, 2.75) is 12.5 Å². The largest absolute Gasteiger partial charge is 0.507 e. The fraction of sp³-hybridized carbons (Fsp3) is 0.417. The van der Waals surface area contributed by atoms with Crippen molar-refractivity contribution in [1.29, 1.82) is 0 Å². The highest BCUT2D eigenvalue weighted by Crippen LogP contribution is 2.21. The number of benzene rings is 1. The fourth-order valence-corrected chi connectivity index (χ4v) is 1.99. The molecule has 0 saturated carbocycles. The van der Waals surface area contributed by atoms with Crippen LogP contribution >= 0.6 is 27.5 Å². The lowest BCUT2D eigenvalue weighted by Gasteiger charge is -2.16. The number of ether oxygens (including phenoxy) is 1. The number of nitrogens with one attached hydrogen (secondary N) is 1. The first-order valence-corrected chi connectivity index (χ1v) is 6.75. The first-order valence-electron chi connectivity index (χ1n) is 5.42. The highest BCUT2D eigenvalue weighted by Gasteiger charge is 2.16. The maximum Gasteiger partial charge on any atom is 0.255 e. The van der Waals surface area contributed by atoms with Gasteiger partial charge in [0.15, 0.2) is 0 Å². The summed E-state index contributed by atoms with van der Waals surface area (Å²) in [6.45, 7) is 0.516. The first kappa shape index (κ1) is 15.3. The lowest BCUT2D eigenvalue weighted by atomic mass is 10.1. The number of amides is 1. The van der Waals surface area contributed by atoms with Gasteiger partial charge in [-0.05, 0) is 24.6 Å². The molecule has 1 atom stereocenters. The van der Waals surface area contributed by atoms with E-state index in [9.17, 15) is 9.90 Å². The quantitative estimate of drug-likeness (QED) is 0.785. The minimum atomic E-state index is -0.351. The summed E-state index contributed by atoms with van der Waals surface area (Å²) in [4.78, 5) is 12.0. The molecule has 0 aliphatic heterocycles. The van der Waals surface area contributed by atoms with E-state index >= 15 is 0 Å². The molecule has 1 amide bonds. The van der Waals surface area contributed by atoms with Crippen molar-refractivity contribution in [3.8, 4) is 5.75 Å². The molecule has 1 aromatic rings. The second kappa shape index (κ2) is 7.61. The molecular formula is C12H15BrClNO3. The predicted octanol–water partition coefficient (Wildman–Crippen LogP) is 2.53. The Morgan fingerprint density at radius 1 is 1.61 bits per heavy atom. The summed E-state index contributed by atoms with van der Waals surface area (Å²) in [6, 6.07) is 4.50. The molecule has 100 valence electrons. The van der Waals surface area contributed by atoms with E-state index < -0.39 is 0 Å². The molecule has 1 aromatic carbocycles. The van der Waals surface area contributed by atoms with Gasteiger partial charge >= 0.3 is 0 Å². The van der Waals surface area contributed by atoms with Crippen molar-refractivity contribution in [3.63, 3.8) is 0 Å². The molecule has 0 aliphatic rings. The van der Waals surface area contributed by atoms with Crippen LogP contribution in [0.25, 0.3) is 0 Å². The van der Waals surface area contributed by atoms with Gasteiger partial charge in [-0.25, -0.2) is 0 Å². The summed E-state index contributed by atoms with van der Waals surface area (Å²) in [7, 11) is 1.59. The van der Waals surface area contributed by atoms with E-state index in [0.717, 1.165) is 4.47 Å². The minimum absolute atomic E-state index is 0.0595. The van der Waals surface area contributed by atoms with Crippen molar-refractivity contribution in [2.75, 3.05) is 19.6 Å². The van der Waals surface area contributed by atoms with Gasteiger partial charge in [0.2, 0.25) is 0 Å². The Labute approximate surface area is 119 Å². The van der Waals surface area contributed by atoms with Crippen molar-refractivity contribution < 1.29 is 14.6 Å². The number of rotatable bonds is 6. The average molecular weight is 337 g/mol. The molecule has 6 heteroatoms. The zero-order valence-corrected chi connectivity index (χ0v) is 12.3. The van der Waals surface area contributed by atoms with Crippen LogP contribution in [-0.2, 0) is 4.74 Å². The SMILES string of the molecule is COCCC(CCl)NC(=O)c1cc(Br)ccc1O. The van der Waals surface area contributed by atoms with Gasteiger partial charge in [0.05, 0.1) is 5.56 Å². The maximum atomic E-state index is 12.0. The number of methoxy groups -OCH3 is 1. The number of phenols is 1. The van der Waals surface area contributed by atoms with Crippen LogP contribution in [0.15, 0.2) is 22.7 Å². The maximum absolute atomic E-state index is 12.0. The monoisotopic (exact) mass is 335 g/mol. The van der Waals surface area contributed by atoms with Gasteiger partial charge in [-0.1, -0.05) is 15.9 Å². The first-order chi connectivity index (χ1) is 8.58. The van der Waals surface area contributed by atoms with E-state index in [0.29, 0.717) is 18.9 Å². The highest BCUT2D eigenvalue weighted by molar-refractivity contribution is 9.10. The van der Waals surface area contributed by atoms with Gasteiger partial charge in [0.25, 0.3) is 5.91 Å². The summed E-state index contributed by atoms with van der Waals surface area (Å²) in [5.41, 5.74) is 0.219. The van der Waals surface area contributed by atoms with Crippen LogP contribution in [0.1, 0.15) is 16.8 Å². The number of carbonyl (C=O) groups excluding carboxylic acids is 1. The van der Waals surface area contributed by atoms with Gasteiger partial charge in [-0.3, -0.25) is 4.79 Å². The summed E-state index contributed by atoms with van der Waals surface area (Å²) in [5, 5.41) is 12.4. The summed E-state index contributed by atoms with van der Waals surface area (Å²) in [6.07, 6.45) is 0.626. The average Bonchev–Trinajstić information content (AvgIpc) is 2.37. The third-order valence-corrected chi connectivity index (χ3v) is 3.26. The topological polar surface area (TPSA) is 58.6 Å². The van der Waals surface area contributed by atoms with E-state index in [2.05, 4.69) is 21.2 Å². The summed E-state index contributed by atoms with van der Waals surface area (Å²) >= 11 is 9.02. The molecule has 4 nitrogen and oxygen atoms in total. The van der Waals surface area contributed by atoms with Crippen LogP contribution in [-0.4, -0.2) is 36.7 Å². The Bertz CT molecular complexity index is 414. The number of aromatic hydroxyl groups is 1. The molecule has 2 N–H and O–H groups in total. The molecule has 0 aliphatic carbocycles. The smallest absolute Gasteiger partial charge is 0.255 e. The molecule has 0 fully saturated rings. The lowest BCUT2D eigenvalue weighted by molar-refractivity contribution is 0.0927. The standard InChI is InChI=1S/C12H15BrClNO3/c1-18-5-4-9(7-14)15-12(17)10-6-8(13)2-3-11(10)16/h2-3,6,9,16H,4-5,7H2,1H3,(H,15,17). The van der Waals surface area contributed by atoms with Gasteiger partial charge in [-0.15, -0.1) is 11.6 Å². The van der Waals surface area contributed by atoms with E-state index in [-0.39, 0.29) is 23.3 Å². The van der Waals surface area contributed by atoms with Gasteiger partial charge < -0.3 is 15.2 Å². The Balaban J connectivity index is 2.71. The number of phenolic OH excluding ortho intramolecular Hbond substituents is 1. The van der Waals surface area contributed by atoms with E-state index in [1.54, 1.807) is 19.2 Å². The highest BCUT2D eigenvalue weighted by atomic mass is 79.9. The van der Waals surface area contributed by atoms with E-state index in [1.165, 1.54) is 6.07 Å². The summed E-state index contributed by atoms with van der Waals surface area (Å²) in [5.74, 6) is -0.115. The van der Waals surface area contributed by atoms with Crippen LogP contribution in [0.2, 0.25) is 0 Å². The molecule has 0 aromatic heterocycles. The van der Waals surface area contributed by atoms with Crippen molar-refractivity contribution in [3.05, 3.63) is 28.2 Å². The fourth-order valence-electron chi connectivity index (χ4n) is 1.40.